The van der Waals surface area contributed by atoms with Crippen molar-refractivity contribution < 1.29 is 9.53 Å². The van der Waals surface area contributed by atoms with Gasteiger partial charge in [0.25, 0.3) is 0 Å². The van der Waals surface area contributed by atoms with E-state index in [1.807, 2.05) is 37.3 Å². The molecule has 0 radical (unpaired) electrons. The van der Waals surface area contributed by atoms with Crippen LogP contribution < -0.4 is 15.4 Å². The van der Waals surface area contributed by atoms with Crippen LogP contribution in [0.2, 0.25) is 0 Å². The summed E-state index contributed by atoms with van der Waals surface area (Å²) in [4.78, 5) is 11.7. The first-order chi connectivity index (χ1) is 9.78. The summed E-state index contributed by atoms with van der Waals surface area (Å²) in [7, 11) is 0. The number of carbonyl (C=O) groups is 1. The lowest BCUT2D eigenvalue weighted by Crippen LogP contribution is -2.37. The second-order valence-corrected chi connectivity index (χ2v) is 4.28. The number of rotatable bonds is 6. The lowest BCUT2D eigenvalue weighted by molar-refractivity contribution is 0.192. The van der Waals surface area contributed by atoms with Crippen LogP contribution in [-0.4, -0.2) is 28.9 Å². The van der Waals surface area contributed by atoms with E-state index in [-0.39, 0.29) is 12.1 Å². The normalized spacial score (nSPS) is 11.7. The van der Waals surface area contributed by atoms with E-state index in [9.17, 15) is 4.79 Å². The highest BCUT2D eigenvalue weighted by Gasteiger charge is 2.10. The summed E-state index contributed by atoms with van der Waals surface area (Å²) in [5, 5.41) is 11.8. The fourth-order valence-electron chi connectivity index (χ4n) is 1.66. The van der Waals surface area contributed by atoms with Gasteiger partial charge < -0.3 is 15.4 Å². The molecular formula is C14H18N4O2. The molecule has 2 amide bonds. The third kappa shape index (κ3) is 4.31. The van der Waals surface area contributed by atoms with Crippen molar-refractivity contribution in [3.8, 4) is 5.75 Å². The van der Waals surface area contributed by atoms with E-state index in [1.165, 1.54) is 6.20 Å². The Bertz CT molecular complexity index is 513. The smallest absolute Gasteiger partial charge is 0.319 e. The molecule has 0 aliphatic carbocycles. The second-order valence-electron chi connectivity index (χ2n) is 4.28. The Balaban J connectivity index is 1.77. The Labute approximate surface area is 117 Å². The first kappa shape index (κ1) is 13.9. The molecule has 0 saturated heterocycles. The molecule has 1 heterocycles. The van der Waals surface area contributed by atoms with Gasteiger partial charge in [-0.1, -0.05) is 25.1 Å². The van der Waals surface area contributed by atoms with Crippen LogP contribution in [-0.2, 0) is 0 Å². The molecule has 106 valence electrons. The number of benzene rings is 1. The molecule has 0 saturated carbocycles. The second kappa shape index (κ2) is 7.18. The van der Waals surface area contributed by atoms with Crippen molar-refractivity contribution in [1.29, 1.82) is 0 Å². The van der Waals surface area contributed by atoms with Crippen LogP contribution >= 0.6 is 0 Å². The average molecular weight is 274 g/mol. The molecule has 6 heteroatoms. The molecule has 2 rings (SSSR count). The third-order valence-corrected chi connectivity index (χ3v) is 2.75. The van der Waals surface area contributed by atoms with Crippen LogP contribution in [0.15, 0.2) is 42.7 Å². The number of aromatic nitrogens is 2. The van der Waals surface area contributed by atoms with Crippen LogP contribution in [0.3, 0.4) is 0 Å². The number of hydrogen-bond donors (Lipinski definition) is 3. The molecule has 1 aromatic heterocycles. The number of H-pyrrole nitrogens is 1. The summed E-state index contributed by atoms with van der Waals surface area (Å²) in [6.07, 6.45) is 3.89. The number of amides is 2. The molecule has 3 N–H and O–H groups in total. The fourth-order valence-corrected chi connectivity index (χ4v) is 1.66. The highest BCUT2D eigenvalue weighted by Crippen LogP contribution is 2.12. The zero-order chi connectivity index (χ0) is 14.2. The van der Waals surface area contributed by atoms with Gasteiger partial charge in [-0.15, -0.1) is 0 Å². The summed E-state index contributed by atoms with van der Waals surface area (Å²) >= 11 is 0. The Morgan fingerprint density at radius 1 is 1.40 bits per heavy atom. The van der Waals surface area contributed by atoms with E-state index in [0.717, 1.165) is 12.2 Å². The fraction of sp³-hybridized carbons (Fsp3) is 0.286. The highest BCUT2D eigenvalue weighted by molar-refractivity contribution is 5.88. The van der Waals surface area contributed by atoms with Crippen molar-refractivity contribution in [2.75, 3.05) is 11.9 Å². The first-order valence-electron chi connectivity index (χ1n) is 6.53. The maximum Gasteiger partial charge on any atom is 0.319 e. The van der Waals surface area contributed by atoms with Crippen molar-refractivity contribution in [2.24, 2.45) is 0 Å². The van der Waals surface area contributed by atoms with Gasteiger partial charge in [0.2, 0.25) is 0 Å². The zero-order valence-corrected chi connectivity index (χ0v) is 11.3. The third-order valence-electron chi connectivity index (χ3n) is 2.75. The number of anilines is 1. The minimum atomic E-state index is -0.276. The van der Waals surface area contributed by atoms with Gasteiger partial charge in [0.15, 0.2) is 0 Å². The number of hydrogen-bond acceptors (Lipinski definition) is 3. The van der Waals surface area contributed by atoms with E-state index in [4.69, 9.17) is 4.74 Å². The van der Waals surface area contributed by atoms with E-state index >= 15 is 0 Å². The predicted molar refractivity (Wildman–Crippen MR) is 76.8 cm³/mol. The Morgan fingerprint density at radius 3 is 2.85 bits per heavy atom. The topological polar surface area (TPSA) is 79.0 Å². The lowest BCUT2D eigenvalue weighted by Gasteiger charge is -2.18. The van der Waals surface area contributed by atoms with E-state index in [2.05, 4.69) is 20.8 Å². The van der Waals surface area contributed by atoms with Crippen molar-refractivity contribution in [3.05, 3.63) is 42.7 Å². The van der Waals surface area contributed by atoms with E-state index in [1.54, 1.807) is 6.20 Å². The molecule has 0 bridgehead atoms. The van der Waals surface area contributed by atoms with Crippen LogP contribution in [0.1, 0.15) is 13.3 Å². The Hall–Kier alpha value is -2.50. The summed E-state index contributed by atoms with van der Waals surface area (Å²) in [5.41, 5.74) is 0.625. The van der Waals surface area contributed by atoms with Gasteiger partial charge in [-0.3, -0.25) is 5.10 Å². The van der Waals surface area contributed by atoms with Crippen LogP contribution in [0.4, 0.5) is 10.5 Å². The van der Waals surface area contributed by atoms with E-state index < -0.39 is 0 Å². The minimum Gasteiger partial charge on any atom is -0.489 e. The Kier molecular flexibility index (Phi) is 5.00. The van der Waals surface area contributed by atoms with Crippen LogP contribution in [0.25, 0.3) is 0 Å². The summed E-state index contributed by atoms with van der Waals surface area (Å²) in [5.74, 6) is 0.802. The number of para-hydroxylation sites is 1. The summed E-state index contributed by atoms with van der Waals surface area (Å²) < 4.78 is 5.79. The largest absolute Gasteiger partial charge is 0.489 e. The number of urea groups is 1. The minimum absolute atomic E-state index is 0.0625. The molecule has 2 aromatic rings. The molecule has 0 aliphatic rings. The van der Waals surface area contributed by atoms with Gasteiger partial charge in [0.1, 0.15) is 11.9 Å². The molecular weight excluding hydrogens is 256 g/mol. The number of aromatic amines is 1. The molecule has 1 aromatic carbocycles. The highest BCUT2D eigenvalue weighted by atomic mass is 16.5. The molecule has 0 unspecified atom stereocenters. The Morgan fingerprint density at radius 2 is 2.20 bits per heavy atom. The monoisotopic (exact) mass is 274 g/mol. The zero-order valence-electron chi connectivity index (χ0n) is 11.3. The number of carbonyl (C=O) groups excluding carboxylic acids is 1. The SMILES string of the molecule is CC[C@@H](CNC(=O)Nc1cn[nH]c1)Oc1ccccc1. The van der Waals surface area contributed by atoms with Crippen LogP contribution in [0.5, 0.6) is 5.75 Å². The van der Waals surface area contributed by atoms with Crippen molar-refractivity contribution >= 4 is 11.7 Å². The maximum absolute atomic E-state index is 11.7. The number of ether oxygens (including phenoxy) is 1. The lowest BCUT2D eigenvalue weighted by atomic mass is 10.2. The van der Waals surface area contributed by atoms with Gasteiger partial charge in [0.05, 0.1) is 18.4 Å². The van der Waals surface area contributed by atoms with Gasteiger partial charge in [0, 0.05) is 6.20 Å². The predicted octanol–water partition coefficient (Wildman–Crippen LogP) is 2.39. The maximum atomic E-state index is 11.7. The van der Waals surface area contributed by atoms with Gasteiger partial charge in [-0.2, -0.15) is 5.10 Å². The molecule has 0 fully saturated rings. The first-order valence-corrected chi connectivity index (χ1v) is 6.53. The van der Waals surface area contributed by atoms with Crippen molar-refractivity contribution in [3.63, 3.8) is 0 Å². The van der Waals surface area contributed by atoms with Gasteiger partial charge >= 0.3 is 6.03 Å². The standard InChI is InChI=1S/C14H18N4O2/c1-2-12(20-13-6-4-3-5-7-13)10-15-14(19)18-11-8-16-17-9-11/h3-9,12H,2,10H2,1H3,(H,16,17)(H2,15,18,19)/t12-/m0/s1. The molecule has 6 nitrogen and oxygen atoms in total. The number of nitrogens with zero attached hydrogens (tertiary/aromatic N) is 1. The summed E-state index contributed by atoms with van der Waals surface area (Å²) in [6, 6.07) is 9.29. The van der Waals surface area contributed by atoms with Gasteiger partial charge in [-0.05, 0) is 18.6 Å². The van der Waals surface area contributed by atoms with Crippen LogP contribution in [0, 0.1) is 0 Å². The van der Waals surface area contributed by atoms with E-state index in [0.29, 0.717) is 12.2 Å². The van der Waals surface area contributed by atoms with Crippen molar-refractivity contribution in [2.45, 2.75) is 19.4 Å². The molecule has 1 atom stereocenters. The van der Waals surface area contributed by atoms with Crippen molar-refractivity contribution in [1.82, 2.24) is 15.5 Å². The molecule has 0 spiro atoms. The molecule has 20 heavy (non-hydrogen) atoms. The van der Waals surface area contributed by atoms with Gasteiger partial charge in [-0.25, -0.2) is 4.79 Å². The quantitative estimate of drug-likeness (QED) is 0.756. The number of nitrogens with one attached hydrogen (secondary N) is 3. The molecule has 0 aliphatic heterocycles. The average Bonchev–Trinajstić information content (AvgIpc) is 2.97. The summed E-state index contributed by atoms with van der Waals surface area (Å²) in [6.45, 7) is 2.46.